The van der Waals surface area contributed by atoms with E-state index in [0.29, 0.717) is 0 Å². The number of halogens is 1. The standard InChI is InChI=1S/C12H14BrN3/c13-10-5-2-6-11-12(10)14-15-16(11)8-7-9-3-1-4-9/h2,5-6,9H,1,3-4,7-8H2. The van der Waals surface area contributed by atoms with Gasteiger partial charge in [0.25, 0.3) is 0 Å². The van der Waals surface area contributed by atoms with E-state index in [4.69, 9.17) is 0 Å². The lowest BCUT2D eigenvalue weighted by atomic mass is 9.83. The minimum atomic E-state index is 0.923. The van der Waals surface area contributed by atoms with E-state index in [1.165, 1.54) is 25.7 Å². The van der Waals surface area contributed by atoms with Crippen molar-refractivity contribution < 1.29 is 0 Å². The van der Waals surface area contributed by atoms with E-state index in [0.717, 1.165) is 28.0 Å². The molecular formula is C12H14BrN3. The minimum Gasteiger partial charge on any atom is -0.245 e. The Morgan fingerprint density at radius 2 is 2.25 bits per heavy atom. The van der Waals surface area contributed by atoms with E-state index in [-0.39, 0.29) is 0 Å². The second-order valence-corrected chi connectivity index (χ2v) is 5.36. The van der Waals surface area contributed by atoms with Crippen LogP contribution in [0, 0.1) is 5.92 Å². The molecule has 1 heterocycles. The highest BCUT2D eigenvalue weighted by Crippen LogP contribution is 2.30. The van der Waals surface area contributed by atoms with Crippen molar-refractivity contribution >= 4 is 27.0 Å². The average molecular weight is 280 g/mol. The molecule has 1 aromatic carbocycles. The van der Waals surface area contributed by atoms with Gasteiger partial charge in [0.2, 0.25) is 0 Å². The molecule has 0 radical (unpaired) electrons. The molecule has 1 aromatic heterocycles. The van der Waals surface area contributed by atoms with E-state index in [9.17, 15) is 0 Å². The summed E-state index contributed by atoms with van der Waals surface area (Å²) in [5.74, 6) is 0.923. The van der Waals surface area contributed by atoms with Crippen molar-refractivity contribution in [2.45, 2.75) is 32.2 Å². The van der Waals surface area contributed by atoms with Gasteiger partial charge in [-0.05, 0) is 40.4 Å². The molecule has 1 aliphatic carbocycles. The summed E-state index contributed by atoms with van der Waals surface area (Å²) in [5.41, 5.74) is 2.10. The van der Waals surface area contributed by atoms with Crippen molar-refractivity contribution in [1.29, 1.82) is 0 Å². The third-order valence-electron chi connectivity index (χ3n) is 3.47. The third-order valence-corrected chi connectivity index (χ3v) is 4.11. The van der Waals surface area contributed by atoms with Crippen molar-refractivity contribution in [3.8, 4) is 0 Å². The Labute approximate surface area is 103 Å². The summed E-state index contributed by atoms with van der Waals surface area (Å²) in [5, 5.41) is 8.43. The van der Waals surface area contributed by atoms with Crippen molar-refractivity contribution in [3.63, 3.8) is 0 Å². The lowest BCUT2D eigenvalue weighted by Crippen LogP contribution is -2.14. The topological polar surface area (TPSA) is 30.7 Å². The Kier molecular flexibility index (Phi) is 2.67. The van der Waals surface area contributed by atoms with Crippen LogP contribution in [0.1, 0.15) is 25.7 Å². The maximum absolute atomic E-state index is 4.22. The smallest absolute Gasteiger partial charge is 0.127 e. The molecule has 0 atom stereocenters. The van der Waals surface area contributed by atoms with E-state index in [2.05, 4.69) is 32.3 Å². The molecule has 3 rings (SSSR count). The number of fused-ring (bicyclic) bond motifs is 1. The van der Waals surface area contributed by atoms with Crippen molar-refractivity contribution in [1.82, 2.24) is 15.0 Å². The van der Waals surface area contributed by atoms with Crippen LogP contribution in [0.25, 0.3) is 11.0 Å². The van der Waals surface area contributed by atoms with Crippen LogP contribution in [-0.2, 0) is 6.54 Å². The summed E-state index contributed by atoms with van der Waals surface area (Å²) >= 11 is 3.50. The SMILES string of the molecule is Brc1cccc2c1nnn2CCC1CCC1. The number of aryl methyl sites for hydroxylation is 1. The number of aromatic nitrogens is 3. The molecule has 3 nitrogen and oxygen atoms in total. The van der Waals surface area contributed by atoms with E-state index < -0.39 is 0 Å². The maximum Gasteiger partial charge on any atom is 0.127 e. The van der Waals surface area contributed by atoms with Crippen LogP contribution in [0.4, 0.5) is 0 Å². The molecule has 84 valence electrons. The Morgan fingerprint density at radius 3 is 3.00 bits per heavy atom. The number of hydrogen-bond acceptors (Lipinski definition) is 2. The van der Waals surface area contributed by atoms with Crippen molar-refractivity contribution in [3.05, 3.63) is 22.7 Å². The summed E-state index contributed by atoms with van der Waals surface area (Å²) < 4.78 is 3.05. The summed E-state index contributed by atoms with van der Waals surface area (Å²) in [4.78, 5) is 0. The van der Waals surface area contributed by atoms with Crippen molar-refractivity contribution in [2.24, 2.45) is 5.92 Å². The zero-order valence-electron chi connectivity index (χ0n) is 9.06. The second-order valence-electron chi connectivity index (χ2n) is 4.51. The lowest BCUT2D eigenvalue weighted by molar-refractivity contribution is 0.278. The molecule has 0 aliphatic heterocycles. The van der Waals surface area contributed by atoms with Crippen molar-refractivity contribution in [2.75, 3.05) is 0 Å². The summed E-state index contributed by atoms with van der Waals surface area (Å²) in [6.45, 7) is 0.998. The molecule has 0 unspecified atom stereocenters. The second kappa shape index (κ2) is 4.17. The fraction of sp³-hybridized carbons (Fsp3) is 0.500. The van der Waals surface area contributed by atoms with Gasteiger partial charge in [0.1, 0.15) is 5.52 Å². The van der Waals surface area contributed by atoms with Crippen LogP contribution >= 0.6 is 15.9 Å². The molecular weight excluding hydrogens is 266 g/mol. The third kappa shape index (κ3) is 1.75. The van der Waals surface area contributed by atoms with Gasteiger partial charge in [-0.2, -0.15) is 0 Å². The van der Waals surface area contributed by atoms with Gasteiger partial charge in [-0.25, -0.2) is 4.68 Å². The van der Waals surface area contributed by atoms with Gasteiger partial charge in [0.05, 0.1) is 5.52 Å². The molecule has 1 aliphatic rings. The molecule has 16 heavy (non-hydrogen) atoms. The van der Waals surface area contributed by atoms with E-state index in [1.54, 1.807) is 0 Å². The zero-order chi connectivity index (χ0) is 11.0. The highest BCUT2D eigenvalue weighted by molar-refractivity contribution is 9.10. The van der Waals surface area contributed by atoms with Crippen LogP contribution in [0.2, 0.25) is 0 Å². The van der Waals surface area contributed by atoms with Gasteiger partial charge in [0.15, 0.2) is 0 Å². The number of benzene rings is 1. The molecule has 0 saturated heterocycles. The van der Waals surface area contributed by atoms with Gasteiger partial charge in [0, 0.05) is 11.0 Å². The maximum atomic E-state index is 4.22. The zero-order valence-corrected chi connectivity index (χ0v) is 10.7. The summed E-state index contributed by atoms with van der Waals surface area (Å²) in [6.07, 6.45) is 5.45. The van der Waals surface area contributed by atoms with Crippen LogP contribution in [0.15, 0.2) is 22.7 Å². The summed E-state index contributed by atoms with van der Waals surface area (Å²) in [7, 11) is 0. The Balaban J connectivity index is 1.83. The Bertz CT molecular complexity index is 502. The lowest BCUT2D eigenvalue weighted by Gasteiger charge is -2.24. The predicted molar refractivity (Wildman–Crippen MR) is 67.2 cm³/mol. The largest absolute Gasteiger partial charge is 0.245 e. The molecule has 0 amide bonds. The normalized spacial score (nSPS) is 16.6. The fourth-order valence-corrected chi connectivity index (χ4v) is 2.64. The van der Waals surface area contributed by atoms with Gasteiger partial charge >= 0.3 is 0 Å². The molecule has 1 saturated carbocycles. The van der Waals surface area contributed by atoms with Gasteiger partial charge in [-0.1, -0.05) is 30.5 Å². The fourth-order valence-electron chi connectivity index (χ4n) is 2.21. The van der Waals surface area contributed by atoms with Crippen LogP contribution in [0.3, 0.4) is 0 Å². The minimum absolute atomic E-state index is 0.923. The molecule has 4 heteroatoms. The van der Waals surface area contributed by atoms with Gasteiger partial charge in [-0.3, -0.25) is 0 Å². The monoisotopic (exact) mass is 279 g/mol. The molecule has 1 fully saturated rings. The van der Waals surface area contributed by atoms with Gasteiger partial charge < -0.3 is 0 Å². The highest BCUT2D eigenvalue weighted by atomic mass is 79.9. The van der Waals surface area contributed by atoms with Crippen LogP contribution < -0.4 is 0 Å². The number of hydrogen-bond donors (Lipinski definition) is 0. The first-order valence-corrected chi connectivity index (χ1v) is 6.61. The van der Waals surface area contributed by atoms with Gasteiger partial charge in [-0.15, -0.1) is 5.10 Å². The average Bonchev–Trinajstić information content (AvgIpc) is 2.61. The molecule has 0 spiro atoms. The Morgan fingerprint density at radius 1 is 1.38 bits per heavy atom. The Hall–Kier alpha value is -0.900. The molecule has 0 bridgehead atoms. The van der Waals surface area contributed by atoms with Crippen LogP contribution in [0.5, 0.6) is 0 Å². The quantitative estimate of drug-likeness (QED) is 0.862. The highest BCUT2D eigenvalue weighted by Gasteiger charge is 2.17. The number of nitrogens with zero attached hydrogens (tertiary/aromatic N) is 3. The molecule has 0 N–H and O–H groups in total. The van der Waals surface area contributed by atoms with E-state index in [1.807, 2.05) is 16.8 Å². The molecule has 2 aromatic rings. The predicted octanol–water partition coefficient (Wildman–Crippen LogP) is 3.38. The van der Waals surface area contributed by atoms with Crippen LogP contribution in [-0.4, -0.2) is 15.0 Å². The summed E-state index contributed by atoms with van der Waals surface area (Å²) in [6, 6.07) is 6.13. The first-order valence-electron chi connectivity index (χ1n) is 5.82. The van der Waals surface area contributed by atoms with E-state index >= 15 is 0 Å². The first kappa shape index (κ1) is 10.3. The first-order chi connectivity index (χ1) is 7.84. The number of rotatable bonds is 3.